The molecule has 0 aromatic heterocycles. The van der Waals surface area contributed by atoms with Crippen molar-refractivity contribution in [3.8, 4) is 5.75 Å². The number of rotatable bonds is 4. The van der Waals surface area contributed by atoms with Gasteiger partial charge in [0.2, 0.25) is 0 Å². The summed E-state index contributed by atoms with van der Waals surface area (Å²) in [5.74, 6) is 0.0939. The zero-order chi connectivity index (χ0) is 15.2. The van der Waals surface area contributed by atoms with E-state index in [1.54, 1.807) is 30.3 Å². The summed E-state index contributed by atoms with van der Waals surface area (Å²) in [5.41, 5.74) is 2.65. The third-order valence-corrected chi connectivity index (χ3v) is 2.90. The van der Waals surface area contributed by atoms with Crippen LogP contribution >= 0.6 is 0 Å². The molecule has 0 bridgehead atoms. The van der Waals surface area contributed by atoms with Gasteiger partial charge in [-0.05, 0) is 30.7 Å². The maximum Gasteiger partial charge on any atom is 0.308 e. The number of carbonyl (C=O) groups excluding carboxylic acids is 2. The number of hydrogen-bond donors (Lipinski definition) is 0. The molecular weight excluding hydrogens is 264 g/mol. The zero-order valence-corrected chi connectivity index (χ0v) is 12.0. The van der Waals surface area contributed by atoms with Crippen molar-refractivity contribution in [1.82, 2.24) is 0 Å². The molecule has 0 aliphatic rings. The molecule has 0 N–H and O–H groups in total. The van der Waals surface area contributed by atoms with Crippen LogP contribution in [0.25, 0.3) is 6.08 Å². The summed E-state index contributed by atoms with van der Waals surface area (Å²) in [6.45, 7) is 3.34. The van der Waals surface area contributed by atoms with Crippen LogP contribution in [0.15, 0.2) is 54.6 Å². The molecule has 0 spiro atoms. The first-order chi connectivity index (χ1) is 10.0. The van der Waals surface area contributed by atoms with Crippen LogP contribution in [0.2, 0.25) is 0 Å². The lowest BCUT2D eigenvalue weighted by Gasteiger charge is -2.01. The molecule has 0 aliphatic carbocycles. The Morgan fingerprint density at radius 1 is 0.952 bits per heavy atom. The second kappa shape index (κ2) is 6.66. The van der Waals surface area contributed by atoms with E-state index in [0.717, 1.165) is 11.1 Å². The lowest BCUT2D eigenvalue weighted by molar-refractivity contribution is -0.131. The van der Waals surface area contributed by atoms with Crippen molar-refractivity contribution in [3.05, 3.63) is 71.3 Å². The fourth-order valence-corrected chi connectivity index (χ4v) is 1.80. The monoisotopic (exact) mass is 280 g/mol. The first kappa shape index (κ1) is 14.7. The van der Waals surface area contributed by atoms with Gasteiger partial charge in [0.25, 0.3) is 0 Å². The van der Waals surface area contributed by atoms with Crippen molar-refractivity contribution >= 4 is 17.8 Å². The van der Waals surface area contributed by atoms with Gasteiger partial charge in [0.1, 0.15) is 5.75 Å². The van der Waals surface area contributed by atoms with Crippen molar-refractivity contribution in [2.75, 3.05) is 0 Å². The van der Waals surface area contributed by atoms with E-state index < -0.39 is 0 Å². The highest BCUT2D eigenvalue weighted by atomic mass is 16.5. The Kier molecular flexibility index (Phi) is 4.67. The standard InChI is InChI=1S/C18H16O3/c1-13-3-8-16(9-4-13)18(20)12-7-15-5-10-17(11-6-15)21-14(2)19/h3-12H,1-2H3. The molecule has 2 aromatic carbocycles. The Hall–Kier alpha value is -2.68. The van der Waals surface area contributed by atoms with E-state index in [-0.39, 0.29) is 11.8 Å². The minimum absolute atomic E-state index is 0.0425. The summed E-state index contributed by atoms with van der Waals surface area (Å²) in [6.07, 6.45) is 3.27. The molecule has 0 amide bonds. The second-order valence-corrected chi connectivity index (χ2v) is 4.73. The van der Waals surface area contributed by atoms with Gasteiger partial charge < -0.3 is 4.74 Å². The van der Waals surface area contributed by atoms with Crippen LogP contribution in [0.4, 0.5) is 0 Å². The van der Waals surface area contributed by atoms with Crippen LogP contribution in [0.5, 0.6) is 5.75 Å². The topological polar surface area (TPSA) is 43.4 Å². The van der Waals surface area contributed by atoms with Crippen molar-refractivity contribution in [1.29, 1.82) is 0 Å². The van der Waals surface area contributed by atoms with Gasteiger partial charge >= 0.3 is 5.97 Å². The summed E-state index contributed by atoms with van der Waals surface area (Å²) in [6, 6.07) is 14.4. The first-order valence-electron chi connectivity index (χ1n) is 6.62. The van der Waals surface area contributed by atoms with E-state index in [0.29, 0.717) is 11.3 Å². The van der Waals surface area contributed by atoms with Crippen LogP contribution in [-0.2, 0) is 4.79 Å². The van der Waals surface area contributed by atoms with Gasteiger partial charge in [-0.15, -0.1) is 0 Å². The molecule has 3 heteroatoms. The Labute approximate surface area is 123 Å². The summed E-state index contributed by atoms with van der Waals surface area (Å²) >= 11 is 0. The van der Waals surface area contributed by atoms with Crippen molar-refractivity contribution in [2.24, 2.45) is 0 Å². The number of hydrogen-bond acceptors (Lipinski definition) is 3. The van der Waals surface area contributed by atoms with Gasteiger partial charge in [0, 0.05) is 12.5 Å². The van der Waals surface area contributed by atoms with Crippen LogP contribution in [0, 0.1) is 6.92 Å². The molecule has 0 heterocycles. The third-order valence-electron chi connectivity index (χ3n) is 2.90. The predicted octanol–water partition coefficient (Wildman–Crippen LogP) is 3.82. The second-order valence-electron chi connectivity index (χ2n) is 4.73. The molecule has 0 aliphatic heterocycles. The quantitative estimate of drug-likeness (QED) is 0.370. The number of ketones is 1. The Morgan fingerprint density at radius 2 is 1.57 bits per heavy atom. The highest BCUT2D eigenvalue weighted by molar-refractivity contribution is 6.06. The molecule has 0 fully saturated rings. The molecule has 21 heavy (non-hydrogen) atoms. The molecular formula is C18H16O3. The molecule has 106 valence electrons. The number of carbonyl (C=O) groups is 2. The molecule has 2 aromatic rings. The molecule has 0 saturated carbocycles. The number of benzene rings is 2. The molecule has 0 unspecified atom stereocenters. The van der Waals surface area contributed by atoms with Crippen LogP contribution in [-0.4, -0.2) is 11.8 Å². The SMILES string of the molecule is CC(=O)Oc1ccc(C=CC(=O)c2ccc(C)cc2)cc1. The van der Waals surface area contributed by atoms with Gasteiger partial charge in [-0.1, -0.05) is 48.0 Å². The fourth-order valence-electron chi connectivity index (χ4n) is 1.80. The van der Waals surface area contributed by atoms with Crippen LogP contribution < -0.4 is 4.74 Å². The fraction of sp³-hybridized carbons (Fsp3) is 0.111. The van der Waals surface area contributed by atoms with Gasteiger partial charge in [-0.25, -0.2) is 0 Å². The average Bonchev–Trinajstić information content (AvgIpc) is 2.46. The molecule has 2 rings (SSSR count). The smallest absolute Gasteiger partial charge is 0.308 e. The minimum Gasteiger partial charge on any atom is -0.427 e. The van der Waals surface area contributed by atoms with Crippen LogP contribution in [0.1, 0.15) is 28.4 Å². The normalized spacial score (nSPS) is 10.6. The highest BCUT2D eigenvalue weighted by Gasteiger charge is 2.01. The summed E-state index contributed by atoms with van der Waals surface area (Å²) in [4.78, 5) is 22.8. The maximum absolute atomic E-state index is 12.0. The van der Waals surface area contributed by atoms with Gasteiger partial charge in [0.05, 0.1) is 0 Å². The van der Waals surface area contributed by atoms with Gasteiger partial charge in [-0.3, -0.25) is 9.59 Å². The summed E-state index contributed by atoms with van der Waals surface area (Å²) in [7, 11) is 0. The molecule has 3 nitrogen and oxygen atoms in total. The average molecular weight is 280 g/mol. The number of aryl methyl sites for hydroxylation is 1. The van der Waals surface area contributed by atoms with Gasteiger partial charge in [0.15, 0.2) is 5.78 Å². The van der Waals surface area contributed by atoms with Gasteiger partial charge in [-0.2, -0.15) is 0 Å². The summed E-state index contributed by atoms with van der Waals surface area (Å²) < 4.78 is 4.95. The Morgan fingerprint density at radius 3 is 2.14 bits per heavy atom. The minimum atomic E-state index is -0.354. The molecule has 0 saturated heterocycles. The van der Waals surface area contributed by atoms with Crippen molar-refractivity contribution in [2.45, 2.75) is 13.8 Å². The maximum atomic E-state index is 12.0. The number of ether oxygens (including phenoxy) is 1. The van der Waals surface area contributed by atoms with Crippen LogP contribution in [0.3, 0.4) is 0 Å². The number of allylic oxidation sites excluding steroid dienone is 1. The van der Waals surface area contributed by atoms with Crippen molar-refractivity contribution < 1.29 is 14.3 Å². The van der Waals surface area contributed by atoms with E-state index in [2.05, 4.69) is 0 Å². The molecule has 0 radical (unpaired) electrons. The van der Waals surface area contributed by atoms with E-state index in [1.807, 2.05) is 31.2 Å². The Balaban J connectivity index is 2.05. The zero-order valence-electron chi connectivity index (χ0n) is 12.0. The molecule has 0 atom stereocenters. The highest BCUT2D eigenvalue weighted by Crippen LogP contribution is 2.14. The number of esters is 1. The largest absolute Gasteiger partial charge is 0.427 e. The predicted molar refractivity (Wildman–Crippen MR) is 82.3 cm³/mol. The third kappa shape index (κ3) is 4.42. The first-order valence-corrected chi connectivity index (χ1v) is 6.62. The van der Waals surface area contributed by atoms with E-state index in [1.165, 1.54) is 13.0 Å². The van der Waals surface area contributed by atoms with E-state index >= 15 is 0 Å². The summed E-state index contributed by atoms with van der Waals surface area (Å²) in [5, 5.41) is 0. The Bertz CT molecular complexity index is 665. The lowest BCUT2D eigenvalue weighted by Crippen LogP contribution is -2.00. The lowest BCUT2D eigenvalue weighted by atomic mass is 10.1. The van der Waals surface area contributed by atoms with E-state index in [9.17, 15) is 9.59 Å². The van der Waals surface area contributed by atoms with E-state index in [4.69, 9.17) is 4.74 Å². The van der Waals surface area contributed by atoms with Crippen molar-refractivity contribution in [3.63, 3.8) is 0 Å².